The summed E-state index contributed by atoms with van der Waals surface area (Å²) in [7, 11) is 0. The molecule has 34 heavy (non-hydrogen) atoms. The third-order valence-electron chi connectivity index (χ3n) is 4.63. The molecule has 0 fully saturated rings. The monoisotopic (exact) mass is 470 g/mol. The highest BCUT2D eigenvalue weighted by Crippen LogP contribution is 2.17. The number of nitrogens with one attached hydrogen (secondary N) is 4. The highest BCUT2D eigenvalue weighted by atomic mass is 16.4. The first-order chi connectivity index (χ1) is 16.1. The van der Waals surface area contributed by atoms with Crippen molar-refractivity contribution in [3.05, 3.63) is 54.1 Å². The fraction of sp³-hybridized carbons (Fsp3) is 0.360. The molecule has 0 spiro atoms. The highest BCUT2D eigenvalue weighted by Gasteiger charge is 2.19. The second-order valence-corrected chi connectivity index (χ2v) is 7.63. The summed E-state index contributed by atoms with van der Waals surface area (Å²) in [5.74, 6) is -2.35. The molecule has 184 valence electrons. The lowest BCUT2D eigenvalue weighted by Gasteiger charge is -2.16. The van der Waals surface area contributed by atoms with Gasteiger partial charge in [0.25, 0.3) is 0 Å². The maximum absolute atomic E-state index is 12.2. The molecule has 9 heteroatoms. The standard InChI is InChI=1S/C23H28N4O5.C2H6/c1-14-6-4-5-7-19(14)27-23(32)26-18-10-8-17(9-11-18)25-20(28)12-15(2)22(31)24-16(3)13-21(29)30;1-2/h4-11,15-16H,12-13H2,1-3H3,(H,24,31)(H,25,28)(H,29,30)(H2,26,27,32);1-2H3/t15?,16-;/m1./s1. The van der Waals surface area contributed by atoms with E-state index in [-0.39, 0.29) is 30.7 Å². The van der Waals surface area contributed by atoms with Crippen LogP contribution in [0.5, 0.6) is 0 Å². The van der Waals surface area contributed by atoms with Gasteiger partial charge in [0.1, 0.15) is 0 Å². The molecule has 4 amide bonds. The smallest absolute Gasteiger partial charge is 0.323 e. The number of urea groups is 1. The first-order valence-electron chi connectivity index (χ1n) is 11.2. The van der Waals surface area contributed by atoms with Gasteiger partial charge in [-0.1, -0.05) is 39.0 Å². The van der Waals surface area contributed by atoms with Gasteiger partial charge in [-0.15, -0.1) is 0 Å². The van der Waals surface area contributed by atoms with Crippen molar-refractivity contribution in [2.45, 2.75) is 53.5 Å². The molecule has 2 atom stereocenters. The zero-order chi connectivity index (χ0) is 25.7. The molecule has 0 saturated carbocycles. The Balaban J connectivity index is 0.00000281. The van der Waals surface area contributed by atoms with E-state index in [4.69, 9.17) is 5.11 Å². The van der Waals surface area contributed by atoms with Crippen LogP contribution < -0.4 is 21.3 Å². The summed E-state index contributed by atoms with van der Waals surface area (Å²) in [5, 5.41) is 19.5. The summed E-state index contributed by atoms with van der Waals surface area (Å²) >= 11 is 0. The van der Waals surface area contributed by atoms with Crippen LogP contribution in [-0.4, -0.2) is 35.0 Å². The number of benzene rings is 2. The Bertz CT molecular complexity index is 976. The summed E-state index contributed by atoms with van der Waals surface area (Å²) in [5.41, 5.74) is 2.73. The number of rotatable bonds is 9. The Morgan fingerprint density at radius 1 is 0.824 bits per heavy atom. The molecule has 0 radical (unpaired) electrons. The lowest BCUT2D eigenvalue weighted by Crippen LogP contribution is -2.38. The van der Waals surface area contributed by atoms with Gasteiger partial charge in [0.05, 0.1) is 6.42 Å². The van der Waals surface area contributed by atoms with Crippen molar-refractivity contribution in [2.24, 2.45) is 5.92 Å². The van der Waals surface area contributed by atoms with Crippen molar-refractivity contribution in [3.63, 3.8) is 0 Å². The second kappa shape index (κ2) is 14.3. The zero-order valence-corrected chi connectivity index (χ0v) is 20.3. The van der Waals surface area contributed by atoms with Crippen LogP contribution >= 0.6 is 0 Å². The van der Waals surface area contributed by atoms with Crippen LogP contribution in [0.1, 0.15) is 46.1 Å². The van der Waals surface area contributed by atoms with Gasteiger partial charge in [0.15, 0.2) is 0 Å². The summed E-state index contributed by atoms with van der Waals surface area (Å²) in [6.45, 7) is 9.09. The maximum Gasteiger partial charge on any atom is 0.323 e. The lowest BCUT2D eigenvalue weighted by molar-refractivity contribution is -0.138. The van der Waals surface area contributed by atoms with Crippen LogP contribution in [0, 0.1) is 12.8 Å². The number of carbonyl (C=O) groups is 4. The summed E-state index contributed by atoms with van der Waals surface area (Å²) in [4.78, 5) is 47.1. The average Bonchev–Trinajstić information content (AvgIpc) is 2.77. The molecule has 2 aromatic rings. The van der Waals surface area contributed by atoms with E-state index in [2.05, 4.69) is 21.3 Å². The van der Waals surface area contributed by atoms with Gasteiger partial charge in [-0.2, -0.15) is 0 Å². The number of amides is 4. The van der Waals surface area contributed by atoms with Gasteiger partial charge >= 0.3 is 12.0 Å². The van der Waals surface area contributed by atoms with Gasteiger partial charge in [0, 0.05) is 35.4 Å². The molecule has 2 aromatic carbocycles. The van der Waals surface area contributed by atoms with E-state index in [1.165, 1.54) is 0 Å². The van der Waals surface area contributed by atoms with E-state index in [1.807, 2.05) is 45.0 Å². The van der Waals surface area contributed by atoms with Gasteiger partial charge in [-0.3, -0.25) is 14.4 Å². The van der Waals surface area contributed by atoms with Crippen LogP contribution in [0.2, 0.25) is 0 Å². The number of aryl methyl sites for hydroxylation is 1. The number of anilines is 3. The summed E-state index contributed by atoms with van der Waals surface area (Å²) in [6.07, 6.45) is -0.238. The predicted molar refractivity (Wildman–Crippen MR) is 134 cm³/mol. The Kier molecular flexibility index (Phi) is 11.8. The Morgan fingerprint density at radius 3 is 1.94 bits per heavy atom. The number of aliphatic carboxylic acids is 1. The van der Waals surface area contributed by atoms with Crippen molar-refractivity contribution in [3.8, 4) is 0 Å². The molecule has 2 rings (SSSR count). The third-order valence-corrected chi connectivity index (χ3v) is 4.63. The Labute approximate surface area is 200 Å². The minimum atomic E-state index is -1.01. The molecule has 5 N–H and O–H groups in total. The van der Waals surface area contributed by atoms with E-state index in [9.17, 15) is 19.2 Å². The molecule has 0 aliphatic rings. The molecule has 9 nitrogen and oxygen atoms in total. The van der Waals surface area contributed by atoms with E-state index in [1.54, 1.807) is 38.1 Å². The molecule has 0 saturated heterocycles. The van der Waals surface area contributed by atoms with Crippen molar-refractivity contribution < 1.29 is 24.3 Å². The Hall–Kier alpha value is -3.88. The molecular formula is C25H34N4O5. The second-order valence-electron chi connectivity index (χ2n) is 7.63. The van der Waals surface area contributed by atoms with E-state index < -0.39 is 17.9 Å². The Morgan fingerprint density at radius 2 is 1.38 bits per heavy atom. The third kappa shape index (κ3) is 10.2. The zero-order valence-electron chi connectivity index (χ0n) is 20.3. The number of para-hydroxylation sites is 1. The highest BCUT2D eigenvalue weighted by molar-refractivity contribution is 6.00. The lowest BCUT2D eigenvalue weighted by atomic mass is 10.1. The normalized spacial score (nSPS) is 11.7. The summed E-state index contributed by atoms with van der Waals surface area (Å²) < 4.78 is 0. The van der Waals surface area contributed by atoms with Crippen LogP contribution in [-0.2, 0) is 14.4 Å². The number of carboxylic acid groups (broad SMARTS) is 1. The van der Waals surface area contributed by atoms with Gasteiger partial charge in [-0.25, -0.2) is 4.79 Å². The largest absolute Gasteiger partial charge is 0.481 e. The first-order valence-corrected chi connectivity index (χ1v) is 11.2. The molecule has 0 aliphatic heterocycles. The average molecular weight is 471 g/mol. The van der Waals surface area contributed by atoms with Crippen LogP contribution in [0.25, 0.3) is 0 Å². The van der Waals surface area contributed by atoms with Crippen molar-refractivity contribution in [1.29, 1.82) is 0 Å². The van der Waals surface area contributed by atoms with Gasteiger partial charge < -0.3 is 26.4 Å². The van der Waals surface area contributed by atoms with E-state index in [0.717, 1.165) is 5.56 Å². The van der Waals surface area contributed by atoms with Crippen molar-refractivity contribution >= 4 is 40.9 Å². The number of hydrogen-bond donors (Lipinski definition) is 5. The van der Waals surface area contributed by atoms with Crippen LogP contribution in [0.3, 0.4) is 0 Å². The van der Waals surface area contributed by atoms with Gasteiger partial charge in [-0.05, 0) is 49.7 Å². The fourth-order valence-corrected chi connectivity index (χ4v) is 2.92. The van der Waals surface area contributed by atoms with Crippen LogP contribution in [0.4, 0.5) is 21.9 Å². The number of carbonyl (C=O) groups excluding carboxylic acids is 3. The molecular weight excluding hydrogens is 436 g/mol. The van der Waals surface area contributed by atoms with Crippen LogP contribution in [0.15, 0.2) is 48.5 Å². The van der Waals surface area contributed by atoms with Crippen molar-refractivity contribution in [2.75, 3.05) is 16.0 Å². The summed E-state index contributed by atoms with van der Waals surface area (Å²) in [6, 6.07) is 13.1. The fourth-order valence-electron chi connectivity index (χ4n) is 2.92. The maximum atomic E-state index is 12.2. The molecule has 0 aromatic heterocycles. The molecule has 0 aliphatic carbocycles. The van der Waals surface area contributed by atoms with Crippen molar-refractivity contribution in [1.82, 2.24) is 5.32 Å². The van der Waals surface area contributed by atoms with E-state index in [0.29, 0.717) is 17.1 Å². The molecule has 0 heterocycles. The number of carboxylic acids is 1. The molecule has 1 unspecified atom stereocenters. The SMILES string of the molecule is CC.Cc1ccccc1NC(=O)Nc1ccc(NC(=O)CC(C)C(=O)N[C@H](C)CC(=O)O)cc1. The minimum Gasteiger partial charge on any atom is -0.481 e. The van der Waals surface area contributed by atoms with Gasteiger partial charge in [0.2, 0.25) is 11.8 Å². The minimum absolute atomic E-state index is 0.0511. The quantitative estimate of drug-likeness (QED) is 0.364. The molecule has 0 bridgehead atoms. The number of hydrogen-bond acceptors (Lipinski definition) is 4. The predicted octanol–water partition coefficient (Wildman–Crippen LogP) is 4.61. The first kappa shape index (κ1) is 28.2. The van der Waals surface area contributed by atoms with E-state index >= 15 is 0 Å². The topological polar surface area (TPSA) is 137 Å².